The lowest BCUT2D eigenvalue weighted by Gasteiger charge is -2.27. The molecule has 0 aromatic carbocycles. The highest BCUT2D eigenvalue weighted by Gasteiger charge is 2.28. The molecule has 0 aliphatic carbocycles. The number of imidazole rings is 1. The highest BCUT2D eigenvalue weighted by molar-refractivity contribution is 5.13. The molecule has 1 fully saturated rings. The fourth-order valence-corrected chi connectivity index (χ4v) is 2.86. The number of hydrogen-bond acceptors (Lipinski definition) is 3. The Kier molecular flexibility index (Phi) is 2.69. The van der Waals surface area contributed by atoms with Crippen LogP contribution in [-0.2, 0) is 11.2 Å². The normalized spacial score (nSPS) is 29.3. The SMILES string of the molecule is OCC1CCCc2cnc(C3CCCO3)n21. The zero-order chi connectivity index (χ0) is 11.0. The summed E-state index contributed by atoms with van der Waals surface area (Å²) < 4.78 is 7.91. The van der Waals surface area contributed by atoms with Crippen LogP contribution in [0.25, 0.3) is 0 Å². The monoisotopic (exact) mass is 222 g/mol. The Bertz CT molecular complexity index is 369. The van der Waals surface area contributed by atoms with Crippen LogP contribution < -0.4 is 0 Å². The summed E-state index contributed by atoms with van der Waals surface area (Å²) in [6.07, 6.45) is 7.59. The summed E-state index contributed by atoms with van der Waals surface area (Å²) in [6.45, 7) is 1.06. The van der Waals surface area contributed by atoms with E-state index in [0.717, 1.165) is 44.5 Å². The van der Waals surface area contributed by atoms with Gasteiger partial charge in [0.15, 0.2) is 0 Å². The Morgan fingerprint density at radius 3 is 3.12 bits per heavy atom. The minimum Gasteiger partial charge on any atom is -0.394 e. The van der Waals surface area contributed by atoms with Crippen molar-refractivity contribution >= 4 is 0 Å². The summed E-state index contributed by atoms with van der Waals surface area (Å²) in [5.74, 6) is 1.03. The Morgan fingerprint density at radius 1 is 1.44 bits per heavy atom. The van der Waals surface area contributed by atoms with Crippen molar-refractivity contribution in [3.63, 3.8) is 0 Å². The average molecular weight is 222 g/mol. The minimum absolute atomic E-state index is 0.154. The van der Waals surface area contributed by atoms with Gasteiger partial charge in [0.05, 0.1) is 12.6 Å². The molecule has 3 rings (SSSR count). The van der Waals surface area contributed by atoms with Gasteiger partial charge in [-0.2, -0.15) is 0 Å². The van der Waals surface area contributed by atoms with Crippen molar-refractivity contribution in [2.24, 2.45) is 0 Å². The van der Waals surface area contributed by atoms with Crippen LogP contribution in [0.3, 0.4) is 0 Å². The van der Waals surface area contributed by atoms with Crippen LogP contribution in [0.15, 0.2) is 6.20 Å². The lowest BCUT2D eigenvalue weighted by Crippen LogP contribution is -2.23. The van der Waals surface area contributed by atoms with Gasteiger partial charge in [0.25, 0.3) is 0 Å². The maximum absolute atomic E-state index is 9.43. The molecule has 1 saturated heterocycles. The molecule has 88 valence electrons. The van der Waals surface area contributed by atoms with Crippen LogP contribution >= 0.6 is 0 Å². The van der Waals surface area contributed by atoms with Crippen molar-refractivity contribution in [1.82, 2.24) is 9.55 Å². The zero-order valence-corrected chi connectivity index (χ0v) is 9.43. The molecular weight excluding hydrogens is 204 g/mol. The van der Waals surface area contributed by atoms with Gasteiger partial charge in [-0.1, -0.05) is 0 Å². The summed E-state index contributed by atoms with van der Waals surface area (Å²) >= 11 is 0. The van der Waals surface area contributed by atoms with Crippen molar-refractivity contribution in [3.05, 3.63) is 17.7 Å². The molecule has 16 heavy (non-hydrogen) atoms. The molecule has 4 nitrogen and oxygen atoms in total. The molecule has 2 atom stereocenters. The first-order valence-electron chi connectivity index (χ1n) is 6.18. The number of aliphatic hydroxyl groups is 1. The predicted molar refractivity (Wildman–Crippen MR) is 59.2 cm³/mol. The van der Waals surface area contributed by atoms with Gasteiger partial charge in [-0.3, -0.25) is 0 Å². The molecule has 0 radical (unpaired) electrons. The molecule has 0 spiro atoms. The van der Waals surface area contributed by atoms with Crippen molar-refractivity contribution in [2.75, 3.05) is 13.2 Å². The molecule has 1 aromatic rings. The van der Waals surface area contributed by atoms with Crippen LogP contribution in [0.1, 0.15) is 49.3 Å². The number of rotatable bonds is 2. The van der Waals surface area contributed by atoms with Gasteiger partial charge in [0.2, 0.25) is 0 Å². The first-order valence-corrected chi connectivity index (χ1v) is 6.18. The van der Waals surface area contributed by atoms with Crippen molar-refractivity contribution in [2.45, 2.75) is 44.2 Å². The third-order valence-corrected chi connectivity index (χ3v) is 3.67. The molecule has 4 heteroatoms. The lowest BCUT2D eigenvalue weighted by atomic mass is 10.0. The Hall–Kier alpha value is -0.870. The fraction of sp³-hybridized carbons (Fsp3) is 0.750. The van der Waals surface area contributed by atoms with Gasteiger partial charge in [-0.25, -0.2) is 4.98 Å². The van der Waals surface area contributed by atoms with E-state index >= 15 is 0 Å². The summed E-state index contributed by atoms with van der Waals surface area (Å²) in [6, 6.07) is 0.213. The summed E-state index contributed by atoms with van der Waals surface area (Å²) in [4.78, 5) is 4.50. The van der Waals surface area contributed by atoms with E-state index in [0.29, 0.717) is 0 Å². The molecule has 1 N–H and O–H groups in total. The third-order valence-electron chi connectivity index (χ3n) is 3.67. The molecule has 0 amide bonds. The lowest BCUT2D eigenvalue weighted by molar-refractivity contribution is 0.0956. The van der Waals surface area contributed by atoms with Gasteiger partial charge in [0, 0.05) is 18.5 Å². The van der Waals surface area contributed by atoms with Crippen LogP contribution in [0.2, 0.25) is 0 Å². The number of hydrogen-bond donors (Lipinski definition) is 1. The van der Waals surface area contributed by atoms with E-state index in [-0.39, 0.29) is 18.8 Å². The minimum atomic E-state index is 0.154. The van der Waals surface area contributed by atoms with Gasteiger partial charge in [0.1, 0.15) is 11.9 Å². The van der Waals surface area contributed by atoms with Crippen molar-refractivity contribution < 1.29 is 9.84 Å². The number of ether oxygens (including phenoxy) is 1. The summed E-state index contributed by atoms with van der Waals surface area (Å²) in [7, 11) is 0. The van der Waals surface area contributed by atoms with E-state index < -0.39 is 0 Å². The van der Waals surface area contributed by atoms with E-state index in [2.05, 4.69) is 9.55 Å². The van der Waals surface area contributed by atoms with E-state index in [9.17, 15) is 5.11 Å². The van der Waals surface area contributed by atoms with E-state index in [1.54, 1.807) is 0 Å². The Balaban J connectivity index is 1.96. The number of fused-ring (bicyclic) bond motifs is 1. The molecule has 0 saturated carbocycles. The molecule has 2 aliphatic heterocycles. The highest BCUT2D eigenvalue weighted by Crippen LogP contribution is 2.33. The molecular formula is C12H18N2O2. The average Bonchev–Trinajstić information content (AvgIpc) is 2.96. The second kappa shape index (κ2) is 4.18. The Morgan fingerprint density at radius 2 is 2.38 bits per heavy atom. The number of nitrogens with zero attached hydrogens (tertiary/aromatic N) is 2. The van der Waals surface area contributed by atoms with Crippen LogP contribution in [0.4, 0.5) is 0 Å². The number of aryl methyl sites for hydroxylation is 1. The second-order valence-electron chi connectivity index (χ2n) is 4.71. The molecule has 2 unspecified atom stereocenters. The van der Waals surface area contributed by atoms with Crippen LogP contribution in [0, 0.1) is 0 Å². The third kappa shape index (κ3) is 1.57. The van der Waals surface area contributed by atoms with Crippen LogP contribution in [0.5, 0.6) is 0 Å². The van der Waals surface area contributed by atoms with Crippen molar-refractivity contribution in [1.29, 1.82) is 0 Å². The topological polar surface area (TPSA) is 47.3 Å². The van der Waals surface area contributed by atoms with Gasteiger partial charge < -0.3 is 14.4 Å². The fourth-order valence-electron chi connectivity index (χ4n) is 2.86. The largest absolute Gasteiger partial charge is 0.394 e. The first kappa shape index (κ1) is 10.3. The number of aliphatic hydroxyl groups excluding tert-OH is 1. The van der Waals surface area contributed by atoms with E-state index in [1.165, 1.54) is 5.69 Å². The van der Waals surface area contributed by atoms with E-state index in [4.69, 9.17) is 4.74 Å². The molecule has 0 bridgehead atoms. The second-order valence-corrected chi connectivity index (χ2v) is 4.71. The van der Waals surface area contributed by atoms with E-state index in [1.807, 2.05) is 6.20 Å². The van der Waals surface area contributed by atoms with Crippen LogP contribution in [-0.4, -0.2) is 27.9 Å². The highest BCUT2D eigenvalue weighted by atomic mass is 16.5. The standard InChI is InChI=1S/C12H18N2O2/c15-8-10-4-1-3-9-7-13-12(14(9)10)11-5-2-6-16-11/h7,10-11,15H,1-6,8H2. The predicted octanol–water partition coefficient (Wildman–Crippen LogP) is 1.60. The smallest absolute Gasteiger partial charge is 0.138 e. The summed E-state index contributed by atoms with van der Waals surface area (Å²) in [5.41, 5.74) is 1.26. The van der Waals surface area contributed by atoms with Gasteiger partial charge in [-0.15, -0.1) is 0 Å². The maximum atomic E-state index is 9.43. The quantitative estimate of drug-likeness (QED) is 0.827. The molecule has 3 heterocycles. The molecule has 1 aromatic heterocycles. The maximum Gasteiger partial charge on any atom is 0.138 e. The van der Waals surface area contributed by atoms with Gasteiger partial charge >= 0.3 is 0 Å². The zero-order valence-electron chi connectivity index (χ0n) is 9.43. The number of aromatic nitrogens is 2. The van der Waals surface area contributed by atoms with Gasteiger partial charge in [-0.05, 0) is 32.1 Å². The first-order chi connectivity index (χ1) is 7.90. The van der Waals surface area contributed by atoms with Crippen molar-refractivity contribution in [3.8, 4) is 0 Å². The molecule has 2 aliphatic rings. The Labute approximate surface area is 95.3 Å². The summed E-state index contributed by atoms with van der Waals surface area (Å²) in [5, 5.41) is 9.43.